The fourth-order valence-corrected chi connectivity index (χ4v) is 2.52. The van der Waals surface area contributed by atoms with Gasteiger partial charge in [0.1, 0.15) is 5.82 Å². The highest BCUT2D eigenvalue weighted by Gasteiger charge is 2.29. The smallest absolute Gasteiger partial charge is 0.128 e. The summed E-state index contributed by atoms with van der Waals surface area (Å²) in [4.78, 5) is 8.71. The molecule has 3 rings (SSSR count). The molecule has 1 aliphatic rings. The minimum Gasteiger partial charge on any atom is -0.383 e. The largest absolute Gasteiger partial charge is 0.383 e. The van der Waals surface area contributed by atoms with E-state index in [1.807, 2.05) is 18.5 Å². The molecule has 0 spiro atoms. The quantitative estimate of drug-likeness (QED) is 0.900. The fraction of sp³-hybridized carbons (Fsp3) is 0.429. The lowest BCUT2D eigenvalue weighted by molar-refractivity contribution is 0.621. The molecule has 0 aliphatic heterocycles. The Balaban J connectivity index is 1.97. The van der Waals surface area contributed by atoms with E-state index >= 15 is 0 Å². The van der Waals surface area contributed by atoms with Gasteiger partial charge >= 0.3 is 0 Å². The molecule has 2 aromatic heterocycles. The van der Waals surface area contributed by atoms with Gasteiger partial charge in [-0.05, 0) is 32.8 Å². The normalized spacial score (nSPS) is 16.8. The van der Waals surface area contributed by atoms with E-state index in [-0.39, 0.29) is 6.04 Å². The zero-order valence-corrected chi connectivity index (χ0v) is 10.8. The van der Waals surface area contributed by atoms with Crippen molar-refractivity contribution in [2.24, 2.45) is 0 Å². The van der Waals surface area contributed by atoms with E-state index in [1.54, 1.807) is 6.20 Å². The summed E-state index contributed by atoms with van der Waals surface area (Å²) in [6.45, 7) is 4.28. The Bertz CT molecular complexity index is 569. The zero-order valence-electron chi connectivity index (χ0n) is 10.8. The number of aromatic nitrogens is 3. The maximum atomic E-state index is 5.94. The van der Waals surface area contributed by atoms with Gasteiger partial charge in [0.2, 0.25) is 0 Å². The summed E-state index contributed by atoms with van der Waals surface area (Å²) in [6, 6.07) is 4.14. The van der Waals surface area contributed by atoms with Crippen LogP contribution in [0.25, 0.3) is 0 Å². The highest BCUT2D eigenvalue weighted by atomic mass is 15.1. The Kier molecular flexibility index (Phi) is 2.58. The molecule has 4 heteroatoms. The van der Waals surface area contributed by atoms with Crippen LogP contribution in [0, 0.1) is 6.92 Å². The Labute approximate surface area is 107 Å². The third kappa shape index (κ3) is 1.78. The summed E-state index contributed by atoms with van der Waals surface area (Å²) in [6.07, 6.45) is 6.21. The molecule has 1 aliphatic carbocycles. The summed E-state index contributed by atoms with van der Waals surface area (Å²) in [5.41, 5.74) is 9.51. The van der Waals surface area contributed by atoms with E-state index in [1.165, 1.54) is 24.2 Å². The predicted molar refractivity (Wildman–Crippen MR) is 71.4 cm³/mol. The van der Waals surface area contributed by atoms with Gasteiger partial charge in [-0.3, -0.25) is 0 Å². The van der Waals surface area contributed by atoms with Gasteiger partial charge in [0, 0.05) is 23.4 Å². The average molecular weight is 242 g/mol. The van der Waals surface area contributed by atoms with E-state index < -0.39 is 0 Å². The number of anilines is 1. The Hall–Kier alpha value is -1.84. The van der Waals surface area contributed by atoms with E-state index in [4.69, 9.17) is 5.73 Å². The number of rotatable bonds is 3. The van der Waals surface area contributed by atoms with Crippen molar-refractivity contribution < 1.29 is 0 Å². The fourth-order valence-electron chi connectivity index (χ4n) is 2.52. The summed E-state index contributed by atoms with van der Waals surface area (Å²) in [7, 11) is 0. The van der Waals surface area contributed by atoms with Crippen molar-refractivity contribution in [1.29, 1.82) is 0 Å². The van der Waals surface area contributed by atoms with Gasteiger partial charge in [-0.25, -0.2) is 9.97 Å². The molecule has 4 nitrogen and oxygen atoms in total. The minimum absolute atomic E-state index is 0.179. The third-order valence-electron chi connectivity index (χ3n) is 3.78. The van der Waals surface area contributed by atoms with Crippen LogP contribution in [0.15, 0.2) is 24.7 Å². The van der Waals surface area contributed by atoms with Crippen molar-refractivity contribution in [2.45, 2.75) is 38.6 Å². The molecule has 1 unspecified atom stereocenters. The van der Waals surface area contributed by atoms with Crippen LogP contribution in [0.1, 0.15) is 48.7 Å². The van der Waals surface area contributed by atoms with Crippen molar-refractivity contribution in [1.82, 2.24) is 14.5 Å². The van der Waals surface area contributed by atoms with Crippen LogP contribution in [-0.2, 0) is 0 Å². The summed E-state index contributed by atoms with van der Waals surface area (Å²) >= 11 is 0. The van der Waals surface area contributed by atoms with Gasteiger partial charge in [-0.1, -0.05) is 6.07 Å². The first-order valence-electron chi connectivity index (χ1n) is 6.42. The van der Waals surface area contributed by atoms with Crippen LogP contribution in [0.5, 0.6) is 0 Å². The number of hydrogen-bond acceptors (Lipinski definition) is 3. The second-order valence-corrected chi connectivity index (χ2v) is 5.05. The van der Waals surface area contributed by atoms with Gasteiger partial charge in [0.25, 0.3) is 0 Å². The molecule has 0 amide bonds. The Morgan fingerprint density at radius 2 is 2.17 bits per heavy atom. The molecular weight excluding hydrogens is 224 g/mol. The second kappa shape index (κ2) is 4.12. The van der Waals surface area contributed by atoms with Gasteiger partial charge < -0.3 is 10.3 Å². The van der Waals surface area contributed by atoms with Crippen molar-refractivity contribution in [3.8, 4) is 0 Å². The molecule has 2 heterocycles. The lowest BCUT2D eigenvalue weighted by Crippen LogP contribution is -2.10. The molecule has 0 bridgehead atoms. The topological polar surface area (TPSA) is 56.7 Å². The van der Waals surface area contributed by atoms with Crippen LogP contribution >= 0.6 is 0 Å². The van der Waals surface area contributed by atoms with Gasteiger partial charge in [0.15, 0.2) is 0 Å². The van der Waals surface area contributed by atoms with Crippen molar-refractivity contribution in [3.05, 3.63) is 41.6 Å². The number of nitrogens with two attached hydrogens (primary N) is 1. The molecule has 0 radical (unpaired) electrons. The SMILES string of the molecule is Cc1c(C2CC2)ncn1C(C)c1cccnc1N. The third-order valence-corrected chi connectivity index (χ3v) is 3.78. The van der Waals surface area contributed by atoms with Gasteiger partial charge in [0.05, 0.1) is 18.1 Å². The van der Waals surface area contributed by atoms with Crippen LogP contribution in [-0.4, -0.2) is 14.5 Å². The van der Waals surface area contributed by atoms with Gasteiger partial charge in [-0.15, -0.1) is 0 Å². The van der Waals surface area contributed by atoms with E-state index in [0.29, 0.717) is 11.7 Å². The monoisotopic (exact) mass is 242 g/mol. The van der Waals surface area contributed by atoms with E-state index in [0.717, 1.165) is 5.56 Å². The molecular formula is C14H18N4. The number of imidazole rings is 1. The second-order valence-electron chi connectivity index (χ2n) is 5.05. The molecule has 0 aromatic carbocycles. The summed E-state index contributed by atoms with van der Waals surface area (Å²) in [5.74, 6) is 1.29. The summed E-state index contributed by atoms with van der Waals surface area (Å²) in [5, 5.41) is 0. The zero-order chi connectivity index (χ0) is 12.7. The molecule has 2 aromatic rings. The lowest BCUT2D eigenvalue weighted by atomic mass is 10.1. The Morgan fingerprint density at radius 3 is 2.83 bits per heavy atom. The number of pyridine rings is 1. The lowest BCUT2D eigenvalue weighted by Gasteiger charge is -2.17. The molecule has 1 saturated carbocycles. The highest BCUT2D eigenvalue weighted by Crippen LogP contribution is 2.41. The minimum atomic E-state index is 0.179. The number of nitrogen functional groups attached to an aromatic ring is 1. The first-order valence-corrected chi connectivity index (χ1v) is 6.42. The van der Waals surface area contributed by atoms with Crippen LogP contribution in [0.2, 0.25) is 0 Å². The standard InChI is InChI=1S/C14H18N4/c1-9(12-4-3-7-16-14(12)15)18-8-17-13(10(18)2)11-5-6-11/h3-4,7-9,11H,5-6H2,1-2H3,(H2,15,16). The van der Waals surface area contributed by atoms with Gasteiger partial charge in [-0.2, -0.15) is 0 Å². The number of hydrogen-bond donors (Lipinski definition) is 1. The van der Waals surface area contributed by atoms with Crippen molar-refractivity contribution >= 4 is 5.82 Å². The first-order chi connectivity index (χ1) is 8.68. The maximum Gasteiger partial charge on any atom is 0.128 e. The van der Waals surface area contributed by atoms with Crippen molar-refractivity contribution in [3.63, 3.8) is 0 Å². The molecule has 1 atom stereocenters. The highest BCUT2D eigenvalue weighted by molar-refractivity contribution is 5.41. The van der Waals surface area contributed by atoms with Crippen LogP contribution in [0.4, 0.5) is 5.82 Å². The van der Waals surface area contributed by atoms with E-state index in [2.05, 4.69) is 28.4 Å². The molecule has 94 valence electrons. The molecule has 18 heavy (non-hydrogen) atoms. The van der Waals surface area contributed by atoms with Crippen LogP contribution in [0.3, 0.4) is 0 Å². The molecule has 2 N–H and O–H groups in total. The maximum absolute atomic E-state index is 5.94. The predicted octanol–water partition coefficient (Wildman–Crippen LogP) is 2.66. The Morgan fingerprint density at radius 1 is 1.39 bits per heavy atom. The first kappa shape index (κ1) is 11.3. The molecule has 0 saturated heterocycles. The summed E-state index contributed by atoms with van der Waals surface area (Å²) < 4.78 is 2.20. The molecule has 1 fully saturated rings. The van der Waals surface area contributed by atoms with E-state index in [9.17, 15) is 0 Å². The number of nitrogens with zero attached hydrogens (tertiary/aromatic N) is 3. The average Bonchev–Trinajstić information content (AvgIpc) is 3.13. The van der Waals surface area contributed by atoms with Crippen molar-refractivity contribution in [2.75, 3.05) is 5.73 Å². The van der Waals surface area contributed by atoms with Crippen LogP contribution < -0.4 is 5.73 Å².